The molecule has 150 valence electrons. The first kappa shape index (κ1) is 20.6. The Morgan fingerprint density at radius 1 is 0.889 bits per heavy atom. The van der Waals surface area contributed by atoms with Crippen LogP contribution in [-0.4, -0.2) is 6.61 Å². The highest BCUT2D eigenvalue weighted by atomic mass is 16.5. The highest BCUT2D eigenvalue weighted by Crippen LogP contribution is 2.44. The van der Waals surface area contributed by atoms with Crippen molar-refractivity contribution in [1.82, 2.24) is 0 Å². The van der Waals surface area contributed by atoms with E-state index >= 15 is 0 Å². The molecular formula is C26H40O. The molecule has 2 saturated carbocycles. The van der Waals surface area contributed by atoms with Crippen LogP contribution in [0.2, 0.25) is 0 Å². The molecule has 0 radical (unpaired) electrons. The fourth-order valence-electron chi connectivity index (χ4n) is 5.33. The number of rotatable bonds is 8. The summed E-state index contributed by atoms with van der Waals surface area (Å²) in [5.41, 5.74) is 2.88. The second-order valence-corrected chi connectivity index (χ2v) is 8.96. The van der Waals surface area contributed by atoms with Crippen LogP contribution in [0.4, 0.5) is 0 Å². The largest absolute Gasteiger partial charge is 0.377 e. The van der Waals surface area contributed by atoms with Gasteiger partial charge in [0.05, 0.1) is 6.61 Å². The van der Waals surface area contributed by atoms with Crippen LogP contribution in [0, 0.1) is 17.8 Å². The molecule has 27 heavy (non-hydrogen) atoms. The first-order valence-corrected chi connectivity index (χ1v) is 11.6. The topological polar surface area (TPSA) is 9.23 Å². The van der Waals surface area contributed by atoms with Gasteiger partial charge in [0.2, 0.25) is 0 Å². The van der Waals surface area contributed by atoms with Crippen molar-refractivity contribution in [3.8, 4) is 0 Å². The zero-order valence-corrected chi connectivity index (χ0v) is 17.7. The minimum atomic E-state index is 0.767. The molecule has 0 unspecified atom stereocenters. The van der Waals surface area contributed by atoms with Crippen molar-refractivity contribution < 1.29 is 4.74 Å². The maximum absolute atomic E-state index is 5.75. The number of benzene rings is 1. The predicted octanol–water partition coefficient (Wildman–Crippen LogP) is 7.66. The lowest BCUT2D eigenvalue weighted by molar-refractivity contribution is 0.118. The van der Waals surface area contributed by atoms with Crippen molar-refractivity contribution in [3.05, 3.63) is 47.5 Å². The SMILES string of the molecule is C/C=C/C1CCC(C2CCC(c3ccc(COCCCC)cc3)CC2)CC1. The molecule has 0 bridgehead atoms. The van der Waals surface area contributed by atoms with Crippen LogP contribution >= 0.6 is 0 Å². The average molecular weight is 369 g/mol. The average Bonchev–Trinajstić information content (AvgIpc) is 2.73. The Morgan fingerprint density at radius 2 is 1.52 bits per heavy atom. The van der Waals surface area contributed by atoms with Crippen LogP contribution in [0.3, 0.4) is 0 Å². The molecule has 1 nitrogen and oxygen atoms in total. The van der Waals surface area contributed by atoms with Crippen molar-refractivity contribution in [2.24, 2.45) is 17.8 Å². The van der Waals surface area contributed by atoms with Crippen LogP contribution in [0.25, 0.3) is 0 Å². The number of unbranched alkanes of at least 4 members (excludes halogenated alkanes) is 1. The second-order valence-electron chi connectivity index (χ2n) is 8.96. The van der Waals surface area contributed by atoms with Crippen molar-refractivity contribution >= 4 is 0 Å². The third kappa shape index (κ3) is 6.21. The summed E-state index contributed by atoms with van der Waals surface area (Å²) in [6, 6.07) is 9.31. The fraction of sp³-hybridized carbons (Fsp3) is 0.692. The molecule has 0 N–H and O–H groups in total. The summed E-state index contributed by atoms with van der Waals surface area (Å²) < 4.78 is 5.75. The van der Waals surface area contributed by atoms with Gasteiger partial charge >= 0.3 is 0 Å². The molecule has 0 amide bonds. The van der Waals surface area contributed by atoms with Gasteiger partial charge in [0.15, 0.2) is 0 Å². The van der Waals surface area contributed by atoms with Gasteiger partial charge in [-0.25, -0.2) is 0 Å². The van der Waals surface area contributed by atoms with Crippen molar-refractivity contribution in [1.29, 1.82) is 0 Å². The molecule has 2 aliphatic rings. The lowest BCUT2D eigenvalue weighted by atomic mass is 9.68. The van der Waals surface area contributed by atoms with E-state index in [1.807, 2.05) is 0 Å². The highest BCUT2D eigenvalue weighted by Gasteiger charge is 2.30. The van der Waals surface area contributed by atoms with Gasteiger partial charge < -0.3 is 4.74 Å². The van der Waals surface area contributed by atoms with E-state index in [-0.39, 0.29) is 0 Å². The minimum absolute atomic E-state index is 0.767. The molecule has 1 aromatic carbocycles. The van der Waals surface area contributed by atoms with Gasteiger partial charge in [-0.1, -0.05) is 49.8 Å². The van der Waals surface area contributed by atoms with E-state index in [2.05, 4.69) is 50.3 Å². The quantitative estimate of drug-likeness (QED) is 0.338. The van der Waals surface area contributed by atoms with Crippen molar-refractivity contribution in [2.75, 3.05) is 6.61 Å². The number of allylic oxidation sites excluding steroid dienone is 2. The normalized spacial score (nSPS) is 29.3. The molecule has 0 heterocycles. The molecule has 2 fully saturated rings. The van der Waals surface area contributed by atoms with Gasteiger partial charge in [-0.05, 0) is 99.5 Å². The van der Waals surface area contributed by atoms with Crippen LogP contribution in [-0.2, 0) is 11.3 Å². The summed E-state index contributed by atoms with van der Waals surface area (Å²) >= 11 is 0. The number of ether oxygens (including phenoxy) is 1. The summed E-state index contributed by atoms with van der Waals surface area (Å²) in [5, 5.41) is 0. The number of hydrogen-bond acceptors (Lipinski definition) is 1. The van der Waals surface area contributed by atoms with Crippen molar-refractivity contribution in [3.63, 3.8) is 0 Å². The molecule has 1 heteroatoms. The van der Waals surface area contributed by atoms with Gasteiger partial charge in [0, 0.05) is 6.61 Å². The van der Waals surface area contributed by atoms with Gasteiger partial charge in [-0.3, -0.25) is 0 Å². The predicted molar refractivity (Wildman–Crippen MR) is 116 cm³/mol. The van der Waals surface area contributed by atoms with Crippen LogP contribution in [0.5, 0.6) is 0 Å². The Labute approximate surface area is 167 Å². The summed E-state index contributed by atoms with van der Waals surface area (Å²) in [6.07, 6.45) is 18.5. The van der Waals surface area contributed by atoms with E-state index in [0.29, 0.717) is 0 Å². The van der Waals surface area contributed by atoms with E-state index in [4.69, 9.17) is 4.74 Å². The Bertz CT molecular complexity index is 542. The lowest BCUT2D eigenvalue weighted by Crippen LogP contribution is -2.25. The maximum Gasteiger partial charge on any atom is 0.0716 e. The summed E-state index contributed by atoms with van der Waals surface area (Å²) in [7, 11) is 0. The fourth-order valence-corrected chi connectivity index (χ4v) is 5.33. The third-order valence-electron chi connectivity index (χ3n) is 7.08. The van der Waals surface area contributed by atoms with Gasteiger partial charge in [-0.2, -0.15) is 0 Å². The molecule has 0 saturated heterocycles. The molecule has 2 aliphatic carbocycles. The molecule has 0 aromatic heterocycles. The molecule has 1 aromatic rings. The van der Waals surface area contributed by atoms with Crippen molar-refractivity contribution in [2.45, 2.75) is 90.6 Å². The van der Waals surface area contributed by atoms with E-state index in [1.165, 1.54) is 63.4 Å². The Morgan fingerprint density at radius 3 is 2.11 bits per heavy atom. The second kappa shape index (κ2) is 11.1. The standard InChI is InChI=1S/C26H40O/c1-3-5-19-27-20-22-9-13-24(14-10-22)26-17-15-25(16-18-26)23-11-7-21(6-4-2)8-12-23/h4,6,9-10,13-14,21,23,25-26H,3,5,7-8,11-12,15-20H2,1-2H3/b6-4+. The molecule has 3 rings (SSSR count). The minimum Gasteiger partial charge on any atom is -0.377 e. The monoisotopic (exact) mass is 368 g/mol. The van der Waals surface area contributed by atoms with Gasteiger partial charge in [0.1, 0.15) is 0 Å². The Hall–Kier alpha value is -1.08. The summed E-state index contributed by atoms with van der Waals surface area (Å²) in [5.74, 6) is 3.66. The van der Waals surface area contributed by atoms with Crippen LogP contribution in [0.1, 0.15) is 95.1 Å². The highest BCUT2D eigenvalue weighted by molar-refractivity contribution is 5.25. The first-order chi connectivity index (χ1) is 13.3. The molecular weight excluding hydrogens is 328 g/mol. The third-order valence-corrected chi connectivity index (χ3v) is 7.08. The Kier molecular flexibility index (Phi) is 8.45. The zero-order chi connectivity index (χ0) is 18.9. The summed E-state index contributed by atoms with van der Waals surface area (Å²) in [4.78, 5) is 0. The van der Waals surface area contributed by atoms with E-state index in [9.17, 15) is 0 Å². The lowest BCUT2D eigenvalue weighted by Gasteiger charge is -2.37. The molecule has 0 atom stereocenters. The van der Waals surface area contributed by atoms with Gasteiger partial charge in [0.25, 0.3) is 0 Å². The van der Waals surface area contributed by atoms with Crippen LogP contribution in [0.15, 0.2) is 36.4 Å². The zero-order valence-electron chi connectivity index (χ0n) is 17.7. The Balaban J connectivity index is 1.41. The maximum atomic E-state index is 5.75. The molecule has 0 spiro atoms. The van der Waals surface area contributed by atoms with Gasteiger partial charge in [-0.15, -0.1) is 0 Å². The van der Waals surface area contributed by atoms with Crippen LogP contribution < -0.4 is 0 Å². The van der Waals surface area contributed by atoms with E-state index in [1.54, 1.807) is 5.56 Å². The number of hydrogen-bond donors (Lipinski definition) is 0. The van der Waals surface area contributed by atoms with E-state index < -0.39 is 0 Å². The smallest absolute Gasteiger partial charge is 0.0716 e. The first-order valence-electron chi connectivity index (χ1n) is 11.6. The molecule has 0 aliphatic heterocycles. The van der Waals surface area contributed by atoms with E-state index in [0.717, 1.165) is 43.3 Å². The summed E-state index contributed by atoms with van der Waals surface area (Å²) in [6.45, 7) is 6.03.